The van der Waals surface area contributed by atoms with Crippen LogP contribution in [0, 0.1) is 31.6 Å². The Balaban J connectivity index is 1.62. The Morgan fingerprint density at radius 2 is 1.33 bits per heavy atom. The van der Waals surface area contributed by atoms with Gasteiger partial charge in [-0.1, -0.05) is 72.8 Å². The summed E-state index contributed by atoms with van der Waals surface area (Å²) in [5.41, 5.74) is -1.38. The Hall–Kier alpha value is -5.58. The van der Waals surface area contributed by atoms with Gasteiger partial charge in [-0.2, -0.15) is 0 Å². The summed E-state index contributed by atoms with van der Waals surface area (Å²) in [6.45, 7) is 7.05. The van der Waals surface area contributed by atoms with Gasteiger partial charge in [-0.3, -0.25) is 25.0 Å². The number of nitro groups is 2. The molecule has 8 rings (SSSR count). The van der Waals surface area contributed by atoms with Crippen LogP contribution in [0.3, 0.4) is 0 Å². The van der Waals surface area contributed by atoms with Crippen molar-refractivity contribution in [2.75, 3.05) is 6.54 Å². The molecule has 3 unspecified atom stereocenters. The van der Waals surface area contributed by atoms with E-state index >= 15 is 9.59 Å². The van der Waals surface area contributed by atoms with Gasteiger partial charge in [0.05, 0.1) is 39.5 Å². The SMILES string of the molecule is CC(C)OC(=O)C12C3C([N+](=O)[O-])=CC([N+](=O)[O-])=CC3=C3c4ccccc4CCN3C1(C(=O)OC(C)C)C21c2ccccc2-c2ccccc21. The van der Waals surface area contributed by atoms with E-state index in [2.05, 4.69) is 0 Å². The average molecular weight is 660 g/mol. The Bertz CT molecular complexity index is 2080. The number of allylic oxidation sites excluding steroid dienone is 3. The first-order valence-corrected chi connectivity index (χ1v) is 16.4. The van der Waals surface area contributed by atoms with Crippen molar-refractivity contribution >= 4 is 17.6 Å². The van der Waals surface area contributed by atoms with Crippen LogP contribution < -0.4 is 0 Å². The highest BCUT2D eigenvalue weighted by Gasteiger charge is 3.03. The van der Waals surface area contributed by atoms with Crippen molar-refractivity contribution in [2.45, 2.75) is 57.3 Å². The van der Waals surface area contributed by atoms with Crippen LogP contribution >= 0.6 is 0 Å². The summed E-state index contributed by atoms with van der Waals surface area (Å²) in [6, 6.07) is 22.5. The fourth-order valence-corrected chi connectivity index (χ4v) is 9.62. The highest BCUT2D eigenvalue weighted by Crippen LogP contribution is 2.88. The molecule has 2 heterocycles. The van der Waals surface area contributed by atoms with E-state index in [9.17, 15) is 20.2 Å². The van der Waals surface area contributed by atoms with Crippen molar-refractivity contribution in [3.8, 4) is 11.1 Å². The number of nitrogens with zero attached hydrogens (tertiary/aromatic N) is 3. The van der Waals surface area contributed by atoms with Crippen LogP contribution in [0.25, 0.3) is 16.8 Å². The molecule has 11 heteroatoms. The maximum Gasteiger partial charge on any atom is 0.334 e. The molecule has 0 aromatic heterocycles. The van der Waals surface area contributed by atoms with Gasteiger partial charge < -0.3 is 14.4 Å². The monoisotopic (exact) mass is 659 g/mol. The molecule has 1 saturated carbocycles. The summed E-state index contributed by atoms with van der Waals surface area (Å²) < 4.78 is 12.3. The molecule has 248 valence electrons. The average Bonchev–Trinajstić information content (AvgIpc) is 3.56. The van der Waals surface area contributed by atoms with Crippen LogP contribution in [0.4, 0.5) is 0 Å². The Morgan fingerprint density at radius 3 is 1.90 bits per heavy atom. The molecule has 1 spiro atoms. The minimum absolute atomic E-state index is 0.223. The lowest BCUT2D eigenvalue weighted by Crippen LogP contribution is -2.58. The zero-order valence-electron chi connectivity index (χ0n) is 27.3. The Kier molecular flexibility index (Phi) is 6.41. The third kappa shape index (κ3) is 3.47. The third-order valence-electron chi connectivity index (χ3n) is 10.8. The molecule has 3 aromatic rings. The van der Waals surface area contributed by atoms with Gasteiger partial charge in [0.25, 0.3) is 11.4 Å². The molecule has 0 N–H and O–H groups in total. The van der Waals surface area contributed by atoms with Gasteiger partial charge in [-0.25, -0.2) is 4.79 Å². The Labute approximate surface area is 281 Å². The van der Waals surface area contributed by atoms with Crippen molar-refractivity contribution in [1.29, 1.82) is 0 Å². The van der Waals surface area contributed by atoms with Gasteiger partial charge >= 0.3 is 11.9 Å². The van der Waals surface area contributed by atoms with Crippen molar-refractivity contribution < 1.29 is 28.9 Å². The summed E-state index contributed by atoms with van der Waals surface area (Å²) in [4.78, 5) is 57.1. The van der Waals surface area contributed by atoms with E-state index in [1.165, 1.54) is 6.08 Å². The molecule has 11 nitrogen and oxygen atoms in total. The van der Waals surface area contributed by atoms with Gasteiger partial charge in [0.15, 0.2) is 5.54 Å². The lowest BCUT2D eigenvalue weighted by Gasteiger charge is -2.47. The summed E-state index contributed by atoms with van der Waals surface area (Å²) in [5.74, 6) is -2.95. The lowest BCUT2D eigenvalue weighted by atomic mass is 9.67. The maximum absolute atomic E-state index is 15.4. The molecule has 0 radical (unpaired) electrons. The van der Waals surface area contributed by atoms with Crippen LogP contribution in [0.15, 0.2) is 102 Å². The highest BCUT2D eigenvalue weighted by atomic mass is 16.6. The van der Waals surface area contributed by atoms with E-state index in [-0.39, 0.29) is 12.1 Å². The summed E-state index contributed by atoms with van der Waals surface area (Å²) >= 11 is 0. The first-order chi connectivity index (χ1) is 23.5. The number of hydrogen-bond acceptors (Lipinski definition) is 9. The molecule has 3 atom stereocenters. The molecule has 0 bridgehead atoms. The second-order valence-corrected chi connectivity index (χ2v) is 13.7. The molecule has 0 amide bonds. The zero-order valence-corrected chi connectivity index (χ0v) is 27.3. The van der Waals surface area contributed by atoms with E-state index in [1.54, 1.807) is 27.7 Å². The quantitative estimate of drug-likeness (QED) is 0.182. The molecule has 2 aliphatic heterocycles. The lowest BCUT2D eigenvalue weighted by molar-refractivity contribution is -0.442. The fourth-order valence-electron chi connectivity index (χ4n) is 9.62. The van der Waals surface area contributed by atoms with E-state index in [0.717, 1.165) is 22.8 Å². The molecule has 1 fully saturated rings. The predicted molar refractivity (Wildman–Crippen MR) is 178 cm³/mol. The minimum Gasteiger partial charge on any atom is -0.462 e. The third-order valence-corrected chi connectivity index (χ3v) is 10.8. The highest BCUT2D eigenvalue weighted by molar-refractivity contribution is 6.12. The van der Waals surface area contributed by atoms with Crippen LogP contribution in [0.2, 0.25) is 0 Å². The van der Waals surface area contributed by atoms with E-state index in [4.69, 9.17) is 9.47 Å². The number of esters is 2. The maximum atomic E-state index is 15.4. The molecular formula is C38H33N3O8. The molecule has 3 aromatic carbocycles. The number of rotatable bonds is 6. The van der Waals surface area contributed by atoms with E-state index in [1.807, 2.05) is 77.7 Å². The second kappa shape index (κ2) is 10.2. The van der Waals surface area contributed by atoms with Crippen molar-refractivity contribution in [3.63, 3.8) is 0 Å². The van der Waals surface area contributed by atoms with Gasteiger partial charge in [0, 0.05) is 23.9 Å². The zero-order chi connectivity index (χ0) is 34.6. The van der Waals surface area contributed by atoms with Crippen molar-refractivity contribution in [2.24, 2.45) is 11.3 Å². The summed E-state index contributed by atoms with van der Waals surface area (Å²) in [7, 11) is 0. The van der Waals surface area contributed by atoms with Crippen LogP contribution in [0.1, 0.15) is 49.9 Å². The first kappa shape index (κ1) is 30.7. The molecule has 0 saturated heterocycles. The van der Waals surface area contributed by atoms with Gasteiger partial charge in [0.1, 0.15) is 5.41 Å². The summed E-state index contributed by atoms with van der Waals surface area (Å²) in [5, 5.41) is 25.7. The molecule has 5 aliphatic rings. The van der Waals surface area contributed by atoms with Crippen molar-refractivity contribution in [3.05, 3.63) is 144 Å². The first-order valence-electron chi connectivity index (χ1n) is 16.4. The largest absolute Gasteiger partial charge is 0.462 e. The fraction of sp³-hybridized carbons (Fsp3) is 0.316. The van der Waals surface area contributed by atoms with Gasteiger partial charge in [-0.05, 0) is 67.5 Å². The van der Waals surface area contributed by atoms with E-state index in [0.29, 0.717) is 28.8 Å². The van der Waals surface area contributed by atoms with E-state index < -0.39 is 67.7 Å². The molecule has 3 aliphatic carbocycles. The normalized spacial score (nSPS) is 24.9. The predicted octanol–water partition coefficient (Wildman–Crippen LogP) is 5.83. The Morgan fingerprint density at radius 1 is 0.776 bits per heavy atom. The second-order valence-electron chi connectivity index (χ2n) is 13.7. The van der Waals surface area contributed by atoms with Crippen LogP contribution in [-0.4, -0.2) is 51.0 Å². The number of carbonyl (C=O) groups is 2. The number of benzene rings is 3. The molecule has 49 heavy (non-hydrogen) atoms. The number of hydrogen-bond donors (Lipinski definition) is 0. The molecular weight excluding hydrogens is 626 g/mol. The number of ether oxygens (including phenoxy) is 2. The smallest absolute Gasteiger partial charge is 0.334 e. The standard InChI is InChI=1S/C38H33N3O8/c1-21(2)48-34(42)37-32-28(19-24(40(44)45)20-31(32)41(46)47)33-25-12-6-5-11-23(25)17-18-39(33)38(37,35(43)49-22(3)4)36(37)29-15-9-7-13-26(29)27-14-8-10-16-30(27)36/h5-16,19-22,32H,17-18H2,1-4H3. The van der Waals surface area contributed by atoms with Gasteiger partial charge in [-0.15, -0.1) is 0 Å². The van der Waals surface area contributed by atoms with Crippen molar-refractivity contribution in [1.82, 2.24) is 4.90 Å². The summed E-state index contributed by atoms with van der Waals surface area (Å²) in [6.07, 6.45) is 1.49. The minimum atomic E-state index is -2.01. The number of carbonyl (C=O) groups excluding carboxylic acids is 2. The van der Waals surface area contributed by atoms with Crippen LogP contribution in [-0.2, 0) is 30.9 Å². The topological polar surface area (TPSA) is 142 Å². The van der Waals surface area contributed by atoms with Crippen LogP contribution in [0.5, 0.6) is 0 Å². The number of fused-ring (bicyclic) bond motifs is 14. The van der Waals surface area contributed by atoms with Gasteiger partial charge in [0.2, 0.25) is 0 Å².